The largest absolute Gasteiger partial charge is 0.416 e. The molecule has 0 aromatic heterocycles. The average Bonchev–Trinajstić information content (AvgIpc) is 2.45. The number of benzene rings is 1. The monoisotopic (exact) mass is 331 g/mol. The predicted molar refractivity (Wildman–Crippen MR) is 82.5 cm³/mol. The molecule has 6 heteroatoms. The van der Waals surface area contributed by atoms with Crippen LogP contribution in [-0.2, 0) is 17.2 Å². The van der Waals surface area contributed by atoms with Crippen LogP contribution in [0.5, 0.6) is 0 Å². The normalized spacial score (nSPS) is 21.8. The maximum absolute atomic E-state index is 12.7. The van der Waals surface area contributed by atoms with Crippen LogP contribution in [0.25, 0.3) is 0 Å². The minimum atomic E-state index is -4.33. The number of hydrogen-bond acceptors (Lipinski definition) is 1. The van der Waals surface area contributed by atoms with Gasteiger partial charge in [0.15, 0.2) is 0 Å². The molecule has 0 saturated heterocycles. The molecule has 0 spiro atoms. The number of rotatable bonds is 2. The summed E-state index contributed by atoms with van der Waals surface area (Å²) in [5.41, 5.74) is 0.0982. The fraction of sp³-hybridized carbons (Fsp3) is 0.500. The first-order valence-electron chi connectivity index (χ1n) is 7.11. The Bertz CT molecular complexity index is 573. The van der Waals surface area contributed by atoms with Gasteiger partial charge in [0.2, 0.25) is 0 Å². The number of halogens is 3. The molecule has 0 bridgehead atoms. The van der Waals surface area contributed by atoms with Gasteiger partial charge in [-0.15, -0.1) is 0 Å². The summed E-state index contributed by atoms with van der Waals surface area (Å²) < 4.78 is 52.1. The van der Waals surface area contributed by atoms with Crippen molar-refractivity contribution in [2.45, 2.75) is 44.2 Å². The summed E-state index contributed by atoms with van der Waals surface area (Å²) in [6.45, 7) is 6.22. The van der Waals surface area contributed by atoms with E-state index < -0.39 is 27.5 Å². The van der Waals surface area contributed by atoms with Crippen LogP contribution in [0.15, 0.2) is 36.4 Å². The summed E-state index contributed by atoms with van der Waals surface area (Å²) in [6.07, 6.45) is 0.245. The zero-order valence-corrected chi connectivity index (χ0v) is 13.7. The van der Waals surface area contributed by atoms with Crippen molar-refractivity contribution >= 4 is 11.0 Å². The Morgan fingerprint density at radius 1 is 1.09 bits per heavy atom. The van der Waals surface area contributed by atoms with Crippen LogP contribution >= 0.6 is 0 Å². The van der Waals surface area contributed by atoms with Crippen molar-refractivity contribution in [1.82, 2.24) is 4.31 Å². The molecule has 0 saturated carbocycles. The highest BCUT2D eigenvalue weighted by atomic mass is 32.2. The second kappa shape index (κ2) is 6.16. The fourth-order valence-corrected chi connectivity index (χ4v) is 3.74. The van der Waals surface area contributed by atoms with Gasteiger partial charge in [0, 0.05) is 6.54 Å². The van der Waals surface area contributed by atoms with Crippen LogP contribution in [0.4, 0.5) is 13.2 Å². The molecule has 2 rings (SSSR count). The van der Waals surface area contributed by atoms with E-state index in [4.69, 9.17) is 0 Å². The van der Waals surface area contributed by atoms with E-state index in [1.807, 2.05) is 37.2 Å². The lowest BCUT2D eigenvalue weighted by Crippen LogP contribution is -2.41. The van der Waals surface area contributed by atoms with Crippen LogP contribution in [-0.4, -0.2) is 19.8 Å². The highest BCUT2D eigenvalue weighted by Gasteiger charge is 2.34. The van der Waals surface area contributed by atoms with Gasteiger partial charge in [-0.05, 0) is 44.9 Å². The maximum atomic E-state index is 12.7. The Balaban J connectivity index is 2.29. The maximum Gasteiger partial charge on any atom is 0.416 e. The molecule has 2 unspecified atom stereocenters. The summed E-state index contributed by atoms with van der Waals surface area (Å²) in [5.74, 6) is 0. The van der Waals surface area contributed by atoms with Gasteiger partial charge in [-0.25, -0.2) is 8.51 Å². The van der Waals surface area contributed by atoms with E-state index in [0.717, 1.165) is 17.7 Å². The van der Waals surface area contributed by atoms with Gasteiger partial charge in [0.05, 0.1) is 16.4 Å². The van der Waals surface area contributed by atoms with Gasteiger partial charge < -0.3 is 0 Å². The Hall–Kier alpha value is -1.14. The van der Waals surface area contributed by atoms with Crippen LogP contribution in [0.2, 0.25) is 0 Å². The molecule has 0 amide bonds. The number of hydrogen-bond donors (Lipinski definition) is 0. The second-order valence-corrected chi connectivity index (χ2v) is 8.50. The molecule has 0 aliphatic carbocycles. The SMILES string of the molecule is CC(C)(C)S(=O)N1CC=CCC1c1ccc(C(F)(F)F)cc1. The Morgan fingerprint density at radius 3 is 2.18 bits per heavy atom. The summed E-state index contributed by atoms with van der Waals surface area (Å²) in [5, 5.41) is 0. The van der Waals surface area contributed by atoms with E-state index >= 15 is 0 Å². The average molecular weight is 331 g/mol. The molecular weight excluding hydrogens is 311 g/mol. The van der Waals surface area contributed by atoms with Crippen molar-refractivity contribution in [3.63, 3.8) is 0 Å². The van der Waals surface area contributed by atoms with Crippen molar-refractivity contribution in [3.05, 3.63) is 47.5 Å². The van der Waals surface area contributed by atoms with E-state index in [1.165, 1.54) is 12.1 Å². The molecular formula is C16H20F3NOS. The molecule has 22 heavy (non-hydrogen) atoms. The second-order valence-electron chi connectivity index (χ2n) is 6.30. The first-order valence-corrected chi connectivity index (χ1v) is 8.22. The van der Waals surface area contributed by atoms with E-state index in [9.17, 15) is 17.4 Å². The first-order chi connectivity index (χ1) is 10.1. The molecule has 1 aliphatic rings. The fourth-order valence-electron chi connectivity index (χ4n) is 2.38. The van der Waals surface area contributed by atoms with Gasteiger partial charge in [-0.1, -0.05) is 24.3 Å². The predicted octanol–water partition coefficient (Wildman–Crippen LogP) is 4.47. The molecule has 122 valence electrons. The van der Waals surface area contributed by atoms with Crippen LogP contribution < -0.4 is 0 Å². The van der Waals surface area contributed by atoms with Crippen LogP contribution in [0.3, 0.4) is 0 Å². The minimum Gasteiger partial charge on any atom is -0.242 e. The van der Waals surface area contributed by atoms with Crippen molar-refractivity contribution in [2.75, 3.05) is 6.54 Å². The smallest absolute Gasteiger partial charge is 0.242 e. The molecule has 2 atom stereocenters. The third-order valence-electron chi connectivity index (χ3n) is 3.52. The summed E-state index contributed by atoms with van der Waals surface area (Å²) >= 11 is 0. The van der Waals surface area contributed by atoms with Crippen molar-refractivity contribution in [1.29, 1.82) is 0 Å². The standard InChI is InChI=1S/C16H20F3NOS/c1-15(2,3)22(21)20-11-5-4-6-14(20)12-7-9-13(10-8-12)16(17,18)19/h4-5,7-10,14H,6,11H2,1-3H3. The molecule has 1 aliphatic heterocycles. The molecule has 1 heterocycles. The third kappa shape index (κ3) is 3.79. The lowest BCUT2D eigenvalue weighted by molar-refractivity contribution is -0.137. The topological polar surface area (TPSA) is 20.3 Å². The van der Waals surface area contributed by atoms with E-state index in [2.05, 4.69) is 0 Å². The zero-order valence-electron chi connectivity index (χ0n) is 12.9. The van der Waals surface area contributed by atoms with Crippen LogP contribution in [0.1, 0.15) is 44.4 Å². The Kier molecular flexibility index (Phi) is 4.82. The molecule has 1 aromatic rings. The van der Waals surface area contributed by atoms with Crippen molar-refractivity contribution in [2.24, 2.45) is 0 Å². The van der Waals surface area contributed by atoms with Gasteiger partial charge >= 0.3 is 6.18 Å². The Labute approximate surface area is 131 Å². The van der Waals surface area contributed by atoms with Gasteiger partial charge in [0.1, 0.15) is 11.0 Å². The summed E-state index contributed by atoms with van der Waals surface area (Å²) in [7, 11) is -1.22. The first kappa shape index (κ1) is 17.2. The lowest BCUT2D eigenvalue weighted by Gasteiger charge is -2.36. The number of nitrogens with zero attached hydrogens (tertiary/aromatic N) is 1. The van der Waals surface area contributed by atoms with Crippen molar-refractivity contribution in [3.8, 4) is 0 Å². The third-order valence-corrected chi connectivity index (χ3v) is 5.40. The number of alkyl halides is 3. The molecule has 0 fully saturated rings. The zero-order chi connectivity index (χ0) is 16.5. The van der Waals surface area contributed by atoms with E-state index in [0.29, 0.717) is 13.0 Å². The van der Waals surface area contributed by atoms with Gasteiger partial charge in [-0.3, -0.25) is 0 Å². The highest BCUT2D eigenvalue weighted by molar-refractivity contribution is 7.84. The minimum absolute atomic E-state index is 0.160. The summed E-state index contributed by atoms with van der Waals surface area (Å²) in [6, 6.07) is 4.99. The van der Waals surface area contributed by atoms with E-state index in [1.54, 1.807) is 0 Å². The van der Waals surface area contributed by atoms with Gasteiger partial charge in [-0.2, -0.15) is 13.2 Å². The van der Waals surface area contributed by atoms with Crippen LogP contribution in [0, 0.1) is 0 Å². The summed E-state index contributed by atoms with van der Waals surface area (Å²) in [4.78, 5) is 0. The molecule has 2 nitrogen and oxygen atoms in total. The van der Waals surface area contributed by atoms with Gasteiger partial charge in [0.25, 0.3) is 0 Å². The Morgan fingerprint density at radius 2 is 1.68 bits per heavy atom. The highest BCUT2D eigenvalue weighted by Crippen LogP contribution is 2.35. The molecule has 0 radical (unpaired) electrons. The van der Waals surface area contributed by atoms with E-state index in [-0.39, 0.29) is 6.04 Å². The van der Waals surface area contributed by atoms with Crippen molar-refractivity contribution < 1.29 is 17.4 Å². The molecule has 1 aromatic carbocycles. The quantitative estimate of drug-likeness (QED) is 0.732. The molecule has 0 N–H and O–H groups in total. The lowest BCUT2D eigenvalue weighted by atomic mass is 10.00.